The molecule has 1 aromatic heterocycles. The van der Waals surface area contributed by atoms with E-state index in [4.69, 9.17) is 4.74 Å². The third-order valence-corrected chi connectivity index (χ3v) is 3.57. The molecule has 0 saturated heterocycles. The summed E-state index contributed by atoms with van der Waals surface area (Å²) in [5, 5.41) is 10.8. The van der Waals surface area contributed by atoms with Gasteiger partial charge in [0.25, 0.3) is 5.91 Å². The minimum Gasteiger partial charge on any atom is -0.467 e. The Balaban J connectivity index is 2.19. The molecular formula is C16H22N4O3. The van der Waals surface area contributed by atoms with Gasteiger partial charge in [-0.3, -0.25) is 4.79 Å². The van der Waals surface area contributed by atoms with Gasteiger partial charge in [-0.2, -0.15) is 0 Å². The molecule has 1 heterocycles. The van der Waals surface area contributed by atoms with Crippen molar-refractivity contribution in [1.29, 1.82) is 0 Å². The molecule has 0 fully saturated rings. The van der Waals surface area contributed by atoms with E-state index in [2.05, 4.69) is 15.6 Å². The fourth-order valence-electron chi connectivity index (χ4n) is 2.42. The lowest BCUT2D eigenvalue weighted by molar-refractivity contribution is -0.143. The van der Waals surface area contributed by atoms with Crippen LogP contribution in [-0.4, -0.2) is 40.0 Å². The van der Waals surface area contributed by atoms with Crippen LogP contribution in [0.2, 0.25) is 0 Å². The minimum absolute atomic E-state index is 0.256. The topological polar surface area (TPSA) is 86.1 Å². The van der Waals surface area contributed by atoms with Gasteiger partial charge in [-0.25, -0.2) is 9.48 Å². The van der Waals surface area contributed by atoms with Crippen molar-refractivity contribution in [2.75, 3.05) is 7.11 Å². The number of amides is 1. The number of carbonyl (C=O) groups is 2. The van der Waals surface area contributed by atoms with Crippen molar-refractivity contribution < 1.29 is 14.3 Å². The number of nitrogens with one attached hydrogen (secondary N) is 1. The fraction of sp³-hybridized carbons (Fsp3) is 0.500. The number of carbonyl (C=O) groups excluding carboxylic acids is 2. The second-order valence-corrected chi connectivity index (χ2v) is 5.79. The van der Waals surface area contributed by atoms with E-state index < -0.39 is 12.0 Å². The number of hydrogen-bond acceptors (Lipinski definition) is 5. The highest BCUT2D eigenvalue weighted by molar-refractivity contribution is 5.99. The molecule has 7 heteroatoms. The van der Waals surface area contributed by atoms with E-state index in [-0.39, 0.29) is 11.8 Å². The lowest BCUT2D eigenvalue weighted by atomic mass is 10.0. The molecule has 0 radical (unpaired) electrons. The van der Waals surface area contributed by atoms with Crippen LogP contribution in [0.3, 0.4) is 0 Å². The molecule has 0 bridgehead atoms. The summed E-state index contributed by atoms with van der Waals surface area (Å²) in [5.41, 5.74) is 1.96. The lowest BCUT2D eigenvalue weighted by Crippen LogP contribution is -2.42. The third-order valence-electron chi connectivity index (χ3n) is 3.57. The van der Waals surface area contributed by atoms with Crippen LogP contribution in [0.4, 0.5) is 0 Å². The van der Waals surface area contributed by atoms with Crippen molar-refractivity contribution in [1.82, 2.24) is 20.3 Å². The summed E-state index contributed by atoms with van der Waals surface area (Å²) in [6.07, 6.45) is 0.521. The zero-order valence-corrected chi connectivity index (χ0v) is 13.9. The highest BCUT2D eigenvalue weighted by Crippen LogP contribution is 2.14. The van der Waals surface area contributed by atoms with Crippen molar-refractivity contribution in [3.8, 4) is 0 Å². The molecule has 1 aromatic carbocycles. The molecule has 0 aliphatic carbocycles. The van der Waals surface area contributed by atoms with Crippen LogP contribution in [0, 0.1) is 5.92 Å². The molecule has 7 nitrogen and oxygen atoms in total. The maximum Gasteiger partial charge on any atom is 0.328 e. The normalized spacial score (nSPS) is 12.4. The largest absolute Gasteiger partial charge is 0.467 e. The van der Waals surface area contributed by atoms with Crippen molar-refractivity contribution in [3.63, 3.8) is 0 Å². The molecule has 0 aliphatic rings. The Hall–Kier alpha value is -2.44. The molecule has 1 N–H and O–H groups in total. The molecule has 1 unspecified atom stereocenters. The maximum atomic E-state index is 12.4. The quantitative estimate of drug-likeness (QED) is 0.820. The van der Waals surface area contributed by atoms with Gasteiger partial charge in [0, 0.05) is 12.1 Å². The average molecular weight is 318 g/mol. The van der Waals surface area contributed by atoms with Crippen molar-refractivity contribution in [2.45, 2.75) is 39.8 Å². The summed E-state index contributed by atoms with van der Waals surface area (Å²) in [7, 11) is 1.32. The monoisotopic (exact) mass is 318 g/mol. The standard InChI is InChI=1S/C16H22N4O3/c1-5-20-14-7-6-11(9-12(14)18-19-20)15(21)17-13(8-10(2)3)16(22)23-4/h6-7,9-10,13H,5,8H2,1-4H3,(H,17,21). The van der Waals surface area contributed by atoms with Crippen LogP contribution in [0.1, 0.15) is 37.6 Å². The predicted octanol–water partition coefficient (Wildman–Crippen LogP) is 1.77. The van der Waals surface area contributed by atoms with E-state index >= 15 is 0 Å². The zero-order chi connectivity index (χ0) is 17.0. The molecule has 0 saturated carbocycles. The van der Waals surface area contributed by atoms with E-state index in [0.717, 1.165) is 5.52 Å². The van der Waals surface area contributed by atoms with E-state index in [0.29, 0.717) is 24.0 Å². The average Bonchev–Trinajstić information content (AvgIpc) is 2.95. The second kappa shape index (κ2) is 7.21. The molecule has 1 atom stereocenters. The zero-order valence-electron chi connectivity index (χ0n) is 13.9. The number of aryl methyl sites for hydroxylation is 1. The summed E-state index contributed by atoms with van der Waals surface area (Å²) in [6.45, 7) is 6.65. The summed E-state index contributed by atoms with van der Waals surface area (Å²) in [6, 6.07) is 4.53. The van der Waals surface area contributed by atoms with Crippen LogP contribution in [0.25, 0.3) is 11.0 Å². The minimum atomic E-state index is -0.658. The number of rotatable bonds is 6. The first kappa shape index (κ1) is 16.9. The number of methoxy groups -OCH3 is 1. The Bertz CT molecular complexity index is 708. The summed E-state index contributed by atoms with van der Waals surface area (Å²) < 4.78 is 6.52. The Morgan fingerprint density at radius 2 is 2.09 bits per heavy atom. The molecule has 124 valence electrons. The summed E-state index contributed by atoms with van der Waals surface area (Å²) >= 11 is 0. The van der Waals surface area contributed by atoms with Crippen molar-refractivity contribution in [2.24, 2.45) is 5.92 Å². The number of nitrogens with zero attached hydrogens (tertiary/aromatic N) is 3. The lowest BCUT2D eigenvalue weighted by Gasteiger charge is -2.18. The van der Waals surface area contributed by atoms with E-state index in [9.17, 15) is 9.59 Å². The first-order chi connectivity index (χ1) is 11.0. The molecule has 23 heavy (non-hydrogen) atoms. The molecule has 0 aliphatic heterocycles. The number of ether oxygens (including phenoxy) is 1. The number of hydrogen-bond donors (Lipinski definition) is 1. The van der Waals surface area contributed by atoms with Gasteiger partial charge in [-0.1, -0.05) is 19.1 Å². The van der Waals surface area contributed by atoms with E-state index in [1.807, 2.05) is 26.8 Å². The van der Waals surface area contributed by atoms with Gasteiger partial charge in [0.1, 0.15) is 11.6 Å². The van der Waals surface area contributed by atoms with Gasteiger partial charge in [-0.15, -0.1) is 5.10 Å². The van der Waals surface area contributed by atoms with Gasteiger partial charge in [-0.05, 0) is 37.5 Å². The van der Waals surface area contributed by atoms with Crippen LogP contribution in [0.5, 0.6) is 0 Å². The fourth-order valence-corrected chi connectivity index (χ4v) is 2.42. The van der Waals surface area contributed by atoms with Crippen LogP contribution in [-0.2, 0) is 16.1 Å². The van der Waals surface area contributed by atoms with Gasteiger partial charge >= 0.3 is 5.97 Å². The van der Waals surface area contributed by atoms with Crippen LogP contribution < -0.4 is 5.32 Å². The van der Waals surface area contributed by atoms with E-state index in [1.165, 1.54) is 7.11 Å². The number of benzene rings is 1. The molecule has 2 aromatic rings. The summed E-state index contributed by atoms with van der Waals surface area (Å²) in [4.78, 5) is 24.2. The predicted molar refractivity (Wildman–Crippen MR) is 85.9 cm³/mol. The van der Waals surface area contributed by atoms with Gasteiger partial charge in [0.05, 0.1) is 12.6 Å². The smallest absolute Gasteiger partial charge is 0.328 e. The Kier molecular flexibility index (Phi) is 5.31. The van der Waals surface area contributed by atoms with Gasteiger partial charge < -0.3 is 10.1 Å². The maximum absolute atomic E-state index is 12.4. The highest BCUT2D eigenvalue weighted by Gasteiger charge is 2.23. The molecular weight excluding hydrogens is 296 g/mol. The number of aromatic nitrogens is 3. The SMILES string of the molecule is CCn1nnc2cc(C(=O)NC(CC(C)C)C(=O)OC)ccc21. The van der Waals surface area contributed by atoms with Gasteiger partial charge in [0.15, 0.2) is 0 Å². The van der Waals surface area contributed by atoms with Crippen molar-refractivity contribution >= 4 is 22.9 Å². The second-order valence-electron chi connectivity index (χ2n) is 5.79. The summed E-state index contributed by atoms with van der Waals surface area (Å²) in [5.74, 6) is -0.509. The Morgan fingerprint density at radius 1 is 1.35 bits per heavy atom. The Labute approximate surface area is 135 Å². The first-order valence-electron chi connectivity index (χ1n) is 7.68. The number of esters is 1. The Morgan fingerprint density at radius 3 is 2.70 bits per heavy atom. The van der Waals surface area contributed by atoms with Crippen molar-refractivity contribution in [3.05, 3.63) is 23.8 Å². The van der Waals surface area contributed by atoms with Crippen LogP contribution >= 0.6 is 0 Å². The molecule has 0 spiro atoms. The third kappa shape index (κ3) is 3.85. The van der Waals surface area contributed by atoms with E-state index in [1.54, 1.807) is 16.8 Å². The van der Waals surface area contributed by atoms with Crippen LogP contribution in [0.15, 0.2) is 18.2 Å². The molecule has 1 amide bonds. The highest BCUT2D eigenvalue weighted by atomic mass is 16.5. The molecule has 2 rings (SSSR count). The number of fused-ring (bicyclic) bond motifs is 1. The first-order valence-corrected chi connectivity index (χ1v) is 7.68. The van der Waals surface area contributed by atoms with Gasteiger partial charge in [0.2, 0.25) is 0 Å².